The van der Waals surface area contributed by atoms with Crippen molar-refractivity contribution in [3.63, 3.8) is 0 Å². The number of piperazine rings is 1. The van der Waals surface area contributed by atoms with Crippen LogP contribution in [0.5, 0.6) is 0 Å². The Labute approximate surface area is 153 Å². The first kappa shape index (κ1) is 18.6. The van der Waals surface area contributed by atoms with Crippen molar-refractivity contribution in [2.24, 2.45) is 0 Å². The van der Waals surface area contributed by atoms with E-state index in [9.17, 15) is 18.0 Å². The minimum absolute atomic E-state index is 0.0547. The Morgan fingerprint density at radius 1 is 1.19 bits per heavy atom. The van der Waals surface area contributed by atoms with Gasteiger partial charge in [-0.1, -0.05) is 11.6 Å². The van der Waals surface area contributed by atoms with E-state index < -0.39 is 11.7 Å². The molecule has 3 heterocycles. The average Bonchev–Trinajstić information content (AvgIpc) is 2.92. The number of rotatable bonds is 2. The highest BCUT2D eigenvalue weighted by atomic mass is 35.5. The van der Waals surface area contributed by atoms with Gasteiger partial charge in [-0.15, -0.1) is 0 Å². The lowest BCUT2D eigenvalue weighted by Crippen LogP contribution is -2.49. The van der Waals surface area contributed by atoms with Gasteiger partial charge in [0.15, 0.2) is 0 Å². The molecule has 140 valence electrons. The molecule has 0 aromatic carbocycles. The maximum absolute atomic E-state index is 12.7. The van der Waals surface area contributed by atoms with Crippen LogP contribution in [0.25, 0.3) is 0 Å². The monoisotopic (exact) mass is 387 g/mol. The van der Waals surface area contributed by atoms with E-state index in [-0.39, 0.29) is 10.9 Å². The molecule has 1 saturated heterocycles. The average molecular weight is 388 g/mol. The van der Waals surface area contributed by atoms with Crippen LogP contribution in [0.3, 0.4) is 0 Å². The minimum Gasteiger partial charge on any atom is -0.466 e. The number of hydrogen-bond donors (Lipinski definition) is 0. The van der Waals surface area contributed by atoms with Gasteiger partial charge in [0.25, 0.3) is 5.91 Å². The largest absolute Gasteiger partial charge is 0.466 e. The van der Waals surface area contributed by atoms with E-state index in [1.165, 1.54) is 0 Å². The number of carbonyl (C=O) groups is 1. The first-order chi connectivity index (χ1) is 12.2. The van der Waals surface area contributed by atoms with Crippen molar-refractivity contribution in [1.29, 1.82) is 0 Å². The molecule has 0 spiro atoms. The van der Waals surface area contributed by atoms with Crippen LogP contribution < -0.4 is 4.90 Å². The van der Waals surface area contributed by atoms with E-state index in [4.69, 9.17) is 16.0 Å². The molecule has 9 heteroatoms. The second-order valence-corrected chi connectivity index (χ2v) is 6.54. The van der Waals surface area contributed by atoms with Crippen LogP contribution >= 0.6 is 11.6 Å². The zero-order valence-electron chi connectivity index (χ0n) is 14.2. The first-order valence-electron chi connectivity index (χ1n) is 8.01. The summed E-state index contributed by atoms with van der Waals surface area (Å²) in [4.78, 5) is 19.9. The van der Waals surface area contributed by atoms with Crippen molar-refractivity contribution < 1.29 is 22.4 Å². The molecule has 2 aromatic rings. The maximum Gasteiger partial charge on any atom is 0.417 e. The zero-order chi connectivity index (χ0) is 19.1. The lowest BCUT2D eigenvalue weighted by atomic mass is 10.2. The fourth-order valence-electron chi connectivity index (χ4n) is 2.95. The standard InChI is InChI=1S/C17H17ClF3N3O2/c1-10-7-13(11(2)26-10)16(25)24-5-3-23(4-6-24)15-14(18)8-12(9-22-15)17(19,20)21/h7-9H,3-6H2,1-2H3. The number of nitrogens with zero attached hydrogens (tertiary/aromatic N) is 3. The third-order valence-electron chi connectivity index (χ3n) is 4.29. The third-order valence-corrected chi connectivity index (χ3v) is 4.57. The van der Waals surface area contributed by atoms with Crippen LogP contribution in [0, 0.1) is 13.8 Å². The van der Waals surface area contributed by atoms with Gasteiger partial charge in [-0.25, -0.2) is 4.98 Å². The summed E-state index contributed by atoms with van der Waals surface area (Å²) in [6.45, 7) is 5.21. The highest BCUT2D eigenvalue weighted by molar-refractivity contribution is 6.33. The molecule has 1 fully saturated rings. The number of alkyl halides is 3. The summed E-state index contributed by atoms with van der Waals surface area (Å²) in [5.74, 6) is 1.42. The van der Waals surface area contributed by atoms with Crippen LogP contribution in [0.15, 0.2) is 22.7 Å². The fraction of sp³-hybridized carbons (Fsp3) is 0.412. The van der Waals surface area contributed by atoms with Gasteiger partial charge in [-0.2, -0.15) is 13.2 Å². The highest BCUT2D eigenvalue weighted by Gasteiger charge is 2.32. The lowest BCUT2D eigenvalue weighted by Gasteiger charge is -2.35. The number of halogens is 4. The van der Waals surface area contributed by atoms with Gasteiger partial charge in [0, 0.05) is 32.4 Å². The maximum atomic E-state index is 12.7. The number of furan rings is 1. The van der Waals surface area contributed by atoms with Gasteiger partial charge in [0.05, 0.1) is 16.1 Å². The Hall–Kier alpha value is -2.22. The molecule has 0 atom stereocenters. The Kier molecular flexibility index (Phi) is 4.88. The molecule has 0 unspecified atom stereocenters. The summed E-state index contributed by atoms with van der Waals surface area (Å²) in [6.07, 6.45) is -3.71. The Balaban J connectivity index is 1.69. The summed E-state index contributed by atoms with van der Waals surface area (Å²) in [7, 11) is 0. The van der Waals surface area contributed by atoms with E-state index in [0.29, 0.717) is 49.1 Å². The smallest absolute Gasteiger partial charge is 0.417 e. The van der Waals surface area contributed by atoms with Crippen LogP contribution in [-0.2, 0) is 6.18 Å². The molecule has 1 aliphatic heterocycles. The van der Waals surface area contributed by atoms with Crippen LogP contribution in [0.4, 0.5) is 19.0 Å². The van der Waals surface area contributed by atoms with Crippen molar-refractivity contribution in [3.05, 3.63) is 46.0 Å². The van der Waals surface area contributed by atoms with Crippen molar-refractivity contribution in [2.75, 3.05) is 31.1 Å². The number of hydrogen-bond acceptors (Lipinski definition) is 4. The van der Waals surface area contributed by atoms with Crippen LogP contribution in [-0.4, -0.2) is 42.0 Å². The van der Waals surface area contributed by atoms with E-state index in [1.807, 2.05) is 0 Å². The molecule has 5 nitrogen and oxygen atoms in total. The van der Waals surface area contributed by atoms with Gasteiger partial charge >= 0.3 is 6.18 Å². The summed E-state index contributed by atoms with van der Waals surface area (Å²) >= 11 is 5.99. The van der Waals surface area contributed by atoms with E-state index in [2.05, 4.69) is 4.98 Å². The molecule has 26 heavy (non-hydrogen) atoms. The summed E-state index contributed by atoms with van der Waals surface area (Å²) in [5, 5.41) is -0.0547. The molecule has 1 aliphatic rings. The molecule has 0 radical (unpaired) electrons. The molecule has 1 amide bonds. The molecule has 0 N–H and O–H groups in total. The van der Waals surface area contributed by atoms with E-state index in [1.54, 1.807) is 29.7 Å². The minimum atomic E-state index is -4.49. The Morgan fingerprint density at radius 2 is 1.85 bits per heavy atom. The van der Waals surface area contributed by atoms with Gasteiger partial charge < -0.3 is 14.2 Å². The Bertz CT molecular complexity index is 827. The van der Waals surface area contributed by atoms with Gasteiger partial charge in [-0.3, -0.25) is 4.79 Å². The molecule has 0 saturated carbocycles. The van der Waals surface area contributed by atoms with Gasteiger partial charge in [0.2, 0.25) is 0 Å². The molecule has 3 rings (SSSR count). The molecule has 0 aliphatic carbocycles. The van der Waals surface area contributed by atoms with Gasteiger partial charge in [-0.05, 0) is 26.0 Å². The number of anilines is 1. The van der Waals surface area contributed by atoms with Crippen LogP contribution in [0.1, 0.15) is 27.4 Å². The second kappa shape index (κ2) is 6.83. The van der Waals surface area contributed by atoms with E-state index >= 15 is 0 Å². The third kappa shape index (κ3) is 3.65. The second-order valence-electron chi connectivity index (χ2n) is 6.13. The number of pyridine rings is 1. The van der Waals surface area contributed by atoms with Crippen molar-refractivity contribution in [3.8, 4) is 0 Å². The number of aromatic nitrogens is 1. The molecule has 0 bridgehead atoms. The summed E-state index contributed by atoms with van der Waals surface area (Å²) in [6, 6.07) is 2.58. The number of carbonyl (C=O) groups excluding carboxylic acids is 1. The number of amides is 1. The number of aryl methyl sites for hydroxylation is 2. The highest BCUT2D eigenvalue weighted by Crippen LogP contribution is 2.33. The normalized spacial score (nSPS) is 15.5. The van der Waals surface area contributed by atoms with Crippen molar-refractivity contribution >= 4 is 23.3 Å². The predicted molar refractivity (Wildman–Crippen MR) is 90.5 cm³/mol. The SMILES string of the molecule is Cc1cc(C(=O)N2CCN(c3ncc(C(F)(F)F)cc3Cl)CC2)c(C)o1. The first-order valence-corrected chi connectivity index (χ1v) is 8.38. The lowest BCUT2D eigenvalue weighted by molar-refractivity contribution is -0.137. The van der Waals surface area contributed by atoms with Gasteiger partial charge in [0.1, 0.15) is 17.3 Å². The predicted octanol–water partition coefficient (Wildman–Crippen LogP) is 3.93. The Morgan fingerprint density at radius 3 is 2.35 bits per heavy atom. The zero-order valence-corrected chi connectivity index (χ0v) is 15.0. The summed E-state index contributed by atoms with van der Waals surface area (Å²) in [5.41, 5.74) is -0.354. The molecular formula is C17H17ClF3N3O2. The van der Waals surface area contributed by atoms with Crippen LogP contribution in [0.2, 0.25) is 5.02 Å². The molecular weight excluding hydrogens is 371 g/mol. The molecule has 2 aromatic heterocycles. The van der Waals surface area contributed by atoms with Crippen molar-refractivity contribution in [2.45, 2.75) is 20.0 Å². The quantitative estimate of drug-likeness (QED) is 0.783. The summed E-state index contributed by atoms with van der Waals surface area (Å²) < 4.78 is 43.5. The fourth-order valence-corrected chi connectivity index (χ4v) is 3.24. The van der Waals surface area contributed by atoms with E-state index in [0.717, 1.165) is 12.3 Å². The van der Waals surface area contributed by atoms with Crippen molar-refractivity contribution in [1.82, 2.24) is 9.88 Å². The topological polar surface area (TPSA) is 49.6 Å².